The van der Waals surface area contributed by atoms with E-state index >= 15 is 0 Å². The lowest BCUT2D eigenvalue weighted by atomic mass is 10.2. The molecule has 6 heteroatoms. The molecule has 0 heterocycles. The summed E-state index contributed by atoms with van der Waals surface area (Å²) in [5.41, 5.74) is 6.87. The van der Waals surface area contributed by atoms with E-state index in [2.05, 4.69) is 29.9 Å². The van der Waals surface area contributed by atoms with E-state index in [1.165, 1.54) is 0 Å². The van der Waals surface area contributed by atoms with Crippen LogP contribution >= 0.6 is 0 Å². The fraction of sp³-hybridized carbons (Fsp3) is 0.500. The topological polar surface area (TPSA) is 66.6 Å². The minimum absolute atomic E-state index is 0.146. The van der Waals surface area contributed by atoms with Crippen molar-refractivity contribution in [1.29, 1.82) is 0 Å². The molecule has 0 spiro atoms. The van der Waals surface area contributed by atoms with Gasteiger partial charge < -0.3 is 15.2 Å². The van der Waals surface area contributed by atoms with Gasteiger partial charge in [0.2, 0.25) is 0 Å². The molecule has 4 nitrogen and oxygen atoms in total. The second kappa shape index (κ2) is 6.36. The number of nitrogens with two attached hydrogens (primary N) is 1. The lowest BCUT2D eigenvalue weighted by Gasteiger charge is -2.24. The van der Waals surface area contributed by atoms with E-state index in [1.54, 1.807) is 12.1 Å². The maximum atomic E-state index is 11.6. The summed E-state index contributed by atoms with van der Waals surface area (Å²) < 4.78 is 21.1. The maximum absolute atomic E-state index is 11.6. The summed E-state index contributed by atoms with van der Waals surface area (Å²) in [7, 11) is -3.44. The van der Waals surface area contributed by atoms with E-state index in [0.717, 1.165) is 31.6 Å². The molecule has 0 saturated heterocycles. The fourth-order valence-corrected chi connectivity index (χ4v) is 2.92. The van der Waals surface area contributed by atoms with Gasteiger partial charge in [-0.25, -0.2) is 4.21 Å². The van der Waals surface area contributed by atoms with Crippen LogP contribution in [0.15, 0.2) is 23.1 Å². The molecular formula is C12H20N2O2S2. The Morgan fingerprint density at radius 3 is 2.33 bits per heavy atom. The minimum Gasteiger partial charge on any atom is -0.398 e. The lowest BCUT2D eigenvalue weighted by molar-refractivity contribution is 0.562. The third kappa shape index (κ3) is 3.83. The first-order chi connectivity index (χ1) is 8.40. The van der Waals surface area contributed by atoms with Gasteiger partial charge in [-0.1, -0.05) is 13.8 Å². The zero-order chi connectivity index (χ0) is 13.8. The van der Waals surface area contributed by atoms with E-state index in [1.807, 2.05) is 6.07 Å². The number of rotatable bonds is 6. The van der Waals surface area contributed by atoms with E-state index in [0.29, 0.717) is 0 Å². The van der Waals surface area contributed by atoms with Crippen LogP contribution in [0.3, 0.4) is 0 Å². The second-order valence-corrected chi connectivity index (χ2v) is 6.93. The summed E-state index contributed by atoms with van der Waals surface area (Å²) in [5.74, 6) is 0. The van der Waals surface area contributed by atoms with Crippen LogP contribution < -0.4 is 10.6 Å². The van der Waals surface area contributed by atoms with Crippen molar-refractivity contribution < 1.29 is 8.76 Å². The lowest BCUT2D eigenvalue weighted by Crippen LogP contribution is -2.25. The van der Waals surface area contributed by atoms with Crippen LogP contribution in [0.2, 0.25) is 0 Å². The summed E-state index contributed by atoms with van der Waals surface area (Å²) in [5, 5.41) is 0. The minimum atomic E-state index is -3.44. The van der Waals surface area contributed by atoms with Gasteiger partial charge in [-0.2, -0.15) is 0 Å². The molecule has 3 N–H and O–H groups in total. The Morgan fingerprint density at radius 1 is 1.33 bits per heavy atom. The molecule has 102 valence electrons. The number of hydrogen-bond acceptors (Lipinski definition) is 4. The van der Waals surface area contributed by atoms with Crippen LogP contribution in [0.1, 0.15) is 26.7 Å². The van der Waals surface area contributed by atoms with Gasteiger partial charge in [-0.3, -0.25) is 0 Å². The third-order valence-corrected chi connectivity index (χ3v) is 4.08. The Kier molecular flexibility index (Phi) is 5.37. The van der Waals surface area contributed by atoms with Crippen LogP contribution in [0.25, 0.3) is 0 Å². The van der Waals surface area contributed by atoms with Crippen molar-refractivity contribution in [2.45, 2.75) is 31.6 Å². The summed E-state index contributed by atoms with van der Waals surface area (Å²) in [4.78, 5) is 2.32. The maximum Gasteiger partial charge on any atom is 0.173 e. The summed E-state index contributed by atoms with van der Waals surface area (Å²) in [6.45, 7) is 6.01. The molecule has 0 radical (unpaired) electrons. The van der Waals surface area contributed by atoms with Crippen molar-refractivity contribution >= 4 is 31.3 Å². The van der Waals surface area contributed by atoms with Crippen LogP contribution in [0.4, 0.5) is 11.4 Å². The smallest absolute Gasteiger partial charge is 0.173 e. The largest absolute Gasteiger partial charge is 0.398 e. The highest BCUT2D eigenvalue weighted by Crippen LogP contribution is 2.25. The Hall–Kier alpha value is -0.850. The van der Waals surface area contributed by atoms with Gasteiger partial charge in [0.25, 0.3) is 0 Å². The third-order valence-electron chi connectivity index (χ3n) is 2.63. The van der Waals surface area contributed by atoms with Gasteiger partial charge in [0.15, 0.2) is 8.77 Å². The fourth-order valence-electron chi connectivity index (χ4n) is 1.85. The molecule has 0 saturated carbocycles. The molecule has 0 aliphatic rings. The molecule has 0 amide bonds. The van der Waals surface area contributed by atoms with E-state index in [-0.39, 0.29) is 10.6 Å². The van der Waals surface area contributed by atoms with Crippen molar-refractivity contribution in [2.24, 2.45) is 0 Å². The highest BCUT2D eigenvalue weighted by Gasteiger charge is 2.13. The first kappa shape index (κ1) is 15.2. The van der Waals surface area contributed by atoms with Crippen molar-refractivity contribution in [3.63, 3.8) is 0 Å². The number of hydrogen-bond donors (Lipinski definition) is 2. The van der Waals surface area contributed by atoms with Gasteiger partial charge in [0, 0.05) is 30.0 Å². The van der Waals surface area contributed by atoms with Gasteiger partial charge >= 0.3 is 0 Å². The predicted molar refractivity (Wildman–Crippen MR) is 80.1 cm³/mol. The molecule has 0 fully saturated rings. The van der Waals surface area contributed by atoms with Gasteiger partial charge in [0.05, 0.1) is 10.6 Å². The summed E-state index contributed by atoms with van der Waals surface area (Å²) >= 11 is 4.60. The molecule has 1 aromatic carbocycles. The van der Waals surface area contributed by atoms with Crippen molar-refractivity contribution in [1.82, 2.24) is 0 Å². The molecule has 1 unspecified atom stereocenters. The van der Waals surface area contributed by atoms with E-state index < -0.39 is 8.77 Å². The molecule has 0 aromatic heterocycles. The average Bonchev–Trinajstić information content (AvgIpc) is 2.28. The Morgan fingerprint density at radius 2 is 1.89 bits per heavy atom. The van der Waals surface area contributed by atoms with Crippen LogP contribution in [-0.2, 0) is 20.0 Å². The van der Waals surface area contributed by atoms with Crippen molar-refractivity contribution in [3.05, 3.63) is 18.2 Å². The van der Waals surface area contributed by atoms with Crippen LogP contribution in [0.5, 0.6) is 0 Å². The number of anilines is 2. The quantitative estimate of drug-likeness (QED) is 0.787. The zero-order valence-corrected chi connectivity index (χ0v) is 12.4. The normalized spacial score (nSPS) is 14.2. The molecule has 18 heavy (non-hydrogen) atoms. The standard InChI is InChI=1S/C12H20N2O2S2/c1-3-7-14(8-4-2)10-5-6-11(13)12(9-10)18(15,16)17/h5-6,9H,3-4,7-8,13H2,1-2H3,(H,15,16,17). The summed E-state index contributed by atoms with van der Waals surface area (Å²) in [6, 6.07) is 5.14. The number of benzene rings is 1. The van der Waals surface area contributed by atoms with E-state index in [9.17, 15) is 8.76 Å². The predicted octanol–water partition coefficient (Wildman–Crippen LogP) is 2.47. The number of nitrogens with zero attached hydrogens (tertiary/aromatic N) is 1. The molecule has 0 aliphatic carbocycles. The first-order valence-electron chi connectivity index (χ1n) is 6.02. The highest BCUT2D eigenvalue weighted by molar-refractivity contribution is 8.29. The Labute approximate surface area is 114 Å². The molecular weight excluding hydrogens is 268 g/mol. The monoisotopic (exact) mass is 288 g/mol. The van der Waals surface area contributed by atoms with Crippen LogP contribution in [0, 0.1) is 0 Å². The zero-order valence-electron chi connectivity index (χ0n) is 10.8. The first-order valence-corrected chi connectivity index (χ1v) is 8.46. The molecule has 0 aliphatic heterocycles. The Bertz CT molecular complexity index is 495. The van der Waals surface area contributed by atoms with Gasteiger partial charge in [-0.15, -0.1) is 0 Å². The molecule has 1 rings (SSSR count). The SMILES string of the molecule is CCCN(CCC)c1ccc(N)c(S(=O)(O)=S)c1. The molecule has 1 aromatic rings. The van der Waals surface area contributed by atoms with Crippen molar-refractivity contribution in [2.75, 3.05) is 23.7 Å². The van der Waals surface area contributed by atoms with Crippen molar-refractivity contribution in [3.8, 4) is 0 Å². The van der Waals surface area contributed by atoms with Gasteiger partial charge in [0.1, 0.15) is 0 Å². The van der Waals surface area contributed by atoms with Gasteiger partial charge in [-0.05, 0) is 31.0 Å². The van der Waals surface area contributed by atoms with E-state index in [4.69, 9.17) is 5.73 Å². The highest BCUT2D eigenvalue weighted by atomic mass is 32.8. The summed E-state index contributed by atoms with van der Waals surface area (Å²) in [6.07, 6.45) is 2.03. The molecule has 0 bridgehead atoms. The second-order valence-electron chi connectivity index (χ2n) is 4.18. The van der Waals surface area contributed by atoms with Crippen LogP contribution in [-0.4, -0.2) is 21.9 Å². The number of nitrogen functional groups attached to an aromatic ring is 1. The average molecular weight is 288 g/mol. The molecule has 1 atom stereocenters. The Balaban J connectivity index is 3.17.